The van der Waals surface area contributed by atoms with Crippen molar-refractivity contribution in [2.24, 2.45) is 0 Å². The molecule has 0 saturated carbocycles. The lowest BCUT2D eigenvalue weighted by molar-refractivity contribution is -0.142. The molecule has 0 spiro atoms. The largest absolute Gasteiger partial charge is 0.392 e. The van der Waals surface area contributed by atoms with Crippen LogP contribution >= 0.6 is 0 Å². The number of nitrogens with one attached hydrogen (secondary N) is 1. The van der Waals surface area contributed by atoms with Gasteiger partial charge in [-0.25, -0.2) is 0 Å². The van der Waals surface area contributed by atoms with Crippen molar-refractivity contribution in [2.45, 2.75) is 38.5 Å². The molecule has 2 rings (SSSR count). The molecule has 1 aromatic rings. The van der Waals surface area contributed by atoms with E-state index < -0.39 is 6.10 Å². The van der Waals surface area contributed by atoms with Gasteiger partial charge in [-0.2, -0.15) is 0 Å². The van der Waals surface area contributed by atoms with Gasteiger partial charge in [0.25, 0.3) is 5.91 Å². The molecule has 120 valence electrons. The van der Waals surface area contributed by atoms with E-state index in [1.165, 1.54) is 4.90 Å². The van der Waals surface area contributed by atoms with E-state index in [1.807, 2.05) is 24.3 Å². The molecule has 1 unspecified atom stereocenters. The highest BCUT2D eigenvalue weighted by atomic mass is 16.3. The van der Waals surface area contributed by atoms with E-state index in [-0.39, 0.29) is 25.0 Å². The number of aliphatic hydroxyl groups excluding tert-OH is 2. The van der Waals surface area contributed by atoms with Gasteiger partial charge in [0.1, 0.15) is 6.10 Å². The number of amides is 2. The van der Waals surface area contributed by atoms with E-state index in [1.54, 1.807) is 0 Å². The number of likely N-dealkylation sites (tertiary alicyclic amines) is 1. The van der Waals surface area contributed by atoms with Crippen LogP contribution < -0.4 is 5.32 Å². The predicted molar refractivity (Wildman–Crippen MR) is 80.6 cm³/mol. The van der Waals surface area contributed by atoms with Crippen LogP contribution in [0.5, 0.6) is 0 Å². The first-order chi connectivity index (χ1) is 10.6. The van der Waals surface area contributed by atoms with Crippen LogP contribution in [0, 0.1) is 0 Å². The Balaban J connectivity index is 1.85. The average Bonchev–Trinajstić information content (AvgIpc) is 2.69. The molecule has 0 aromatic heterocycles. The zero-order chi connectivity index (χ0) is 15.9. The fourth-order valence-corrected chi connectivity index (χ4v) is 2.51. The second kappa shape index (κ2) is 7.91. The Hall–Kier alpha value is -1.92. The normalized spacial score (nSPS) is 18.9. The van der Waals surface area contributed by atoms with Gasteiger partial charge in [0.2, 0.25) is 5.91 Å². The van der Waals surface area contributed by atoms with Gasteiger partial charge in [-0.1, -0.05) is 24.3 Å². The van der Waals surface area contributed by atoms with E-state index >= 15 is 0 Å². The molecule has 1 fully saturated rings. The Labute approximate surface area is 129 Å². The van der Waals surface area contributed by atoms with Crippen molar-refractivity contribution in [2.75, 3.05) is 13.1 Å². The first-order valence-corrected chi connectivity index (χ1v) is 7.52. The monoisotopic (exact) mass is 306 g/mol. The summed E-state index contributed by atoms with van der Waals surface area (Å²) in [5.74, 6) is -0.619. The third kappa shape index (κ3) is 4.54. The molecule has 6 heteroatoms. The molecule has 1 aliphatic rings. The number of hydrogen-bond donors (Lipinski definition) is 3. The summed E-state index contributed by atoms with van der Waals surface area (Å²) in [6.07, 6.45) is 1.06. The number of nitrogens with zero attached hydrogens (tertiary/aromatic N) is 1. The van der Waals surface area contributed by atoms with E-state index in [4.69, 9.17) is 5.11 Å². The summed E-state index contributed by atoms with van der Waals surface area (Å²) in [5, 5.41) is 21.5. The van der Waals surface area contributed by atoms with Crippen LogP contribution in [0.1, 0.15) is 30.4 Å². The van der Waals surface area contributed by atoms with Crippen molar-refractivity contribution in [1.29, 1.82) is 0 Å². The molecular weight excluding hydrogens is 284 g/mol. The minimum atomic E-state index is -0.989. The number of carbonyl (C=O) groups excluding carboxylic acids is 2. The Morgan fingerprint density at radius 3 is 2.86 bits per heavy atom. The highest BCUT2D eigenvalue weighted by Gasteiger charge is 2.26. The standard InChI is InChI=1S/C16H22N2O4/c19-11-13-5-3-4-12(8-13)9-17-15(21)10-18-7-2-1-6-14(20)16(18)22/h3-5,8,14,19-20H,1-2,6-7,9-11H2,(H,17,21). The van der Waals surface area contributed by atoms with E-state index in [0.29, 0.717) is 19.5 Å². The van der Waals surface area contributed by atoms with E-state index in [9.17, 15) is 14.7 Å². The summed E-state index contributed by atoms with van der Waals surface area (Å²) in [4.78, 5) is 25.3. The van der Waals surface area contributed by atoms with E-state index in [2.05, 4.69) is 5.32 Å². The van der Waals surface area contributed by atoms with Crippen LogP contribution in [0.3, 0.4) is 0 Å². The summed E-state index contributed by atoms with van der Waals surface area (Å²) >= 11 is 0. The van der Waals surface area contributed by atoms with Crippen molar-refractivity contribution in [3.8, 4) is 0 Å². The minimum Gasteiger partial charge on any atom is -0.392 e. The Bertz CT molecular complexity index is 533. The van der Waals surface area contributed by atoms with E-state index in [0.717, 1.165) is 24.0 Å². The van der Waals surface area contributed by atoms with Gasteiger partial charge >= 0.3 is 0 Å². The molecule has 22 heavy (non-hydrogen) atoms. The van der Waals surface area contributed by atoms with Crippen LogP contribution in [0.4, 0.5) is 0 Å². The van der Waals surface area contributed by atoms with Crippen molar-refractivity contribution in [1.82, 2.24) is 10.2 Å². The van der Waals surface area contributed by atoms with Crippen molar-refractivity contribution in [3.05, 3.63) is 35.4 Å². The fraction of sp³-hybridized carbons (Fsp3) is 0.500. The lowest BCUT2D eigenvalue weighted by Crippen LogP contribution is -2.44. The SMILES string of the molecule is O=C(CN1CCCCC(O)C1=O)NCc1cccc(CO)c1. The second-order valence-corrected chi connectivity index (χ2v) is 5.53. The minimum absolute atomic E-state index is 0.0322. The fourth-order valence-electron chi connectivity index (χ4n) is 2.51. The summed E-state index contributed by atoms with van der Waals surface area (Å²) in [7, 11) is 0. The molecule has 1 atom stereocenters. The number of aliphatic hydroxyl groups is 2. The average molecular weight is 306 g/mol. The van der Waals surface area contributed by atoms with Crippen LogP contribution in [-0.4, -0.2) is 46.1 Å². The topological polar surface area (TPSA) is 89.9 Å². The Morgan fingerprint density at radius 1 is 1.32 bits per heavy atom. The van der Waals surface area contributed by atoms with Crippen LogP contribution in [0.2, 0.25) is 0 Å². The molecule has 3 N–H and O–H groups in total. The maximum Gasteiger partial charge on any atom is 0.251 e. The van der Waals surface area contributed by atoms with Gasteiger partial charge < -0.3 is 20.4 Å². The molecule has 1 aromatic carbocycles. The van der Waals surface area contributed by atoms with Crippen LogP contribution in [0.15, 0.2) is 24.3 Å². The Kier molecular flexibility index (Phi) is 5.91. The Morgan fingerprint density at radius 2 is 2.09 bits per heavy atom. The van der Waals surface area contributed by atoms with Gasteiger partial charge in [-0.05, 0) is 30.4 Å². The number of benzene rings is 1. The summed E-state index contributed by atoms with van der Waals surface area (Å²) < 4.78 is 0. The van der Waals surface area contributed by atoms with Gasteiger partial charge in [-0.3, -0.25) is 9.59 Å². The molecule has 0 aliphatic carbocycles. The maximum atomic E-state index is 12.0. The summed E-state index contributed by atoms with van der Waals surface area (Å²) in [5.41, 5.74) is 1.68. The van der Waals surface area contributed by atoms with Gasteiger partial charge in [0.05, 0.1) is 13.2 Å². The molecular formula is C16H22N2O4. The van der Waals surface area contributed by atoms with Crippen molar-refractivity contribution >= 4 is 11.8 Å². The molecule has 0 bridgehead atoms. The lowest BCUT2D eigenvalue weighted by atomic mass is 10.1. The van der Waals surface area contributed by atoms with Gasteiger partial charge in [0, 0.05) is 13.1 Å². The first kappa shape index (κ1) is 16.5. The zero-order valence-electron chi connectivity index (χ0n) is 12.5. The number of hydrogen-bond acceptors (Lipinski definition) is 4. The zero-order valence-corrected chi connectivity index (χ0v) is 12.5. The van der Waals surface area contributed by atoms with Crippen molar-refractivity contribution < 1.29 is 19.8 Å². The lowest BCUT2D eigenvalue weighted by Gasteiger charge is -2.21. The molecule has 6 nitrogen and oxygen atoms in total. The number of carbonyl (C=O) groups is 2. The quantitative estimate of drug-likeness (QED) is 0.723. The second-order valence-electron chi connectivity index (χ2n) is 5.53. The molecule has 1 aliphatic heterocycles. The molecule has 1 saturated heterocycles. The van der Waals surface area contributed by atoms with Crippen molar-refractivity contribution in [3.63, 3.8) is 0 Å². The summed E-state index contributed by atoms with van der Waals surface area (Å²) in [6, 6.07) is 7.31. The molecule has 2 amide bonds. The van der Waals surface area contributed by atoms with Crippen LogP contribution in [-0.2, 0) is 22.7 Å². The maximum absolute atomic E-state index is 12.0. The number of rotatable bonds is 5. The summed E-state index contributed by atoms with van der Waals surface area (Å²) in [6.45, 7) is 0.776. The first-order valence-electron chi connectivity index (χ1n) is 7.52. The smallest absolute Gasteiger partial charge is 0.251 e. The van der Waals surface area contributed by atoms with Gasteiger partial charge in [0.15, 0.2) is 0 Å². The van der Waals surface area contributed by atoms with Crippen LogP contribution in [0.25, 0.3) is 0 Å². The highest BCUT2D eigenvalue weighted by Crippen LogP contribution is 2.11. The third-order valence-electron chi connectivity index (χ3n) is 3.75. The van der Waals surface area contributed by atoms with Gasteiger partial charge in [-0.15, -0.1) is 0 Å². The molecule has 0 radical (unpaired) electrons. The third-order valence-corrected chi connectivity index (χ3v) is 3.75. The predicted octanol–water partition coefficient (Wildman–Crippen LogP) is 0.169. The molecule has 1 heterocycles. The highest BCUT2D eigenvalue weighted by molar-refractivity contribution is 5.87.